The van der Waals surface area contributed by atoms with Crippen LogP contribution < -0.4 is 5.48 Å². The van der Waals surface area contributed by atoms with Crippen molar-refractivity contribution >= 4 is 5.84 Å². The lowest BCUT2D eigenvalue weighted by molar-refractivity contribution is 0.0501. The van der Waals surface area contributed by atoms with E-state index in [1.54, 1.807) is 0 Å². The van der Waals surface area contributed by atoms with Crippen molar-refractivity contribution in [3.63, 3.8) is 0 Å². The van der Waals surface area contributed by atoms with E-state index in [0.29, 0.717) is 0 Å². The first-order chi connectivity index (χ1) is 3.29. The summed E-state index contributed by atoms with van der Waals surface area (Å²) in [6, 6.07) is 0. The van der Waals surface area contributed by atoms with Crippen LogP contribution in [-0.2, 0) is 4.84 Å². The molecule has 0 aliphatic carbocycles. The zero-order valence-electron chi connectivity index (χ0n) is 4.43. The first-order valence-corrected chi connectivity index (χ1v) is 2.25. The smallest absolute Gasteiger partial charge is 0.174 e. The van der Waals surface area contributed by atoms with Crippen LogP contribution in [0.5, 0.6) is 0 Å². The summed E-state index contributed by atoms with van der Waals surface area (Å²) >= 11 is 0. The number of aliphatic imine (C=N–C) groups is 1. The average molecular weight is 100 g/mol. The van der Waals surface area contributed by atoms with Gasteiger partial charge < -0.3 is 0 Å². The van der Waals surface area contributed by atoms with E-state index in [1.807, 2.05) is 13.8 Å². The van der Waals surface area contributed by atoms with Crippen LogP contribution in [0.3, 0.4) is 0 Å². The molecule has 7 heavy (non-hydrogen) atoms. The van der Waals surface area contributed by atoms with Gasteiger partial charge in [0.15, 0.2) is 6.23 Å². The van der Waals surface area contributed by atoms with Crippen LogP contribution in [-0.4, -0.2) is 12.1 Å². The van der Waals surface area contributed by atoms with Gasteiger partial charge in [-0.15, -0.1) is 0 Å². The molecule has 1 heterocycles. The molecular formula is C4H8N2O. The maximum absolute atomic E-state index is 4.81. The van der Waals surface area contributed by atoms with Gasteiger partial charge in [-0.1, -0.05) is 0 Å². The molecule has 0 aromatic heterocycles. The third-order valence-electron chi connectivity index (χ3n) is 0.753. The molecule has 0 saturated carbocycles. The summed E-state index contributed by atoms with van der Waals surface area (Å²) in [5.74, 6) is 0.854. The molecule has 1 aliphatic heterocycles. The Morgan fingerprint density at radius 2 is 2.57 bits per heavy atom. The van der Waals surface area contributed by atoms with Crippen molar-refractivity contribution < 1.29 is 4.84 Å². The lowest BCUT2D eigenvalue weighted by atomic mass is 10.6. The van der Waals surface area contributed by atoms with Crippen molar-refractivity contribution in [2.24, 2.45) is 4.99 Å². The normalized spacial score (nSPS) is 29.4. The zero-order chi connectivity index (χ0) is 5.28. The van der Waals surface area contributed by atoms with Crippen molar-refractivity contribution in [3.05, 3.63) is 0 Å². The monoisotopic (exact) mass is 100 g/mol. The fraction of sp³-hybridized carbons (Fsp3) is 0.750. The Bertz CT molecular complexity index is 99.9. The molecule has 0 bridgehead atoms. The molecular weight excluding hydrogens is 92.1 g/mol. The standard InChI is InChI=1S/C4H8N2O/c1-3-5-4(2)7-6-3/h4H,1-2H3,(H,5,6)/t4-/m1/s1. The van der Waals surface area contributed by atoms with Gasteiger partial charge in [0.1, 0.15) is 5.84 Å². The van der Waals surface area contributed by atoms with Crippen LogP contribution in [0.1, 0.15) is 13.8 Å². The largest absolute Gasteiger partial charge is 0.251 e. The molecule has 0 radical (unpaired) electrons. The summed E-state index contributed by atoms with van der Waals surface area (Å²) in [5.41, 5.74) is 2.62. The zero-order valence-corrected chi connectivity index (χ0v) is 4.43. The van der Waals surface area contributed by atoms with Crippen molar-refractivity contribution in [3.8, 4) is 0 Å². The number of hydrogen-bond donors (Lipinski definition) is 1. The number of hydrogen-bond acceptors (Lipinski definition) is 3. The molecule has 0 aromatic carbocycles. The van der Waals surface area contributed by atoms with E-state index in [0.717, 1.165) is 5.84 Å². The highest BCUT2D eigenvalue weighted by Gasteiger charge is 2.06. The lowest BCUT2D eigenvalue weighted by Gasteiger charge is -1.93. The minimum Gasteiger partial charge on any atom is -0.251 e. The molecule has 3 heteroatoms. The van der Waals surface area contributed by atoms with E-state index in [2.05, 4.69) is 10.5 Å². The van der Waals surface area contributed by atoms with Gasteiger partial charge in [0, 0.05) is 0 Å². The highest BCUT2D eigenvalue weighted by atomic mass is 16.7. The Balaban J connectivity index is 2.50. The van der Waals surface area contributed by atoms with Crippen LogP contribution in [0, 0.1) is 0 Å². The van der Waals surface area contributed by atoms with E-state index >= 15 is 0 Å². The number of rotatable bonds is 0. The van der Waals surface area contributed by atoms with Crippen molar-refractivity contribution in [1.82, 2.24) is 5.48 Å². The summed E-state index contributed by atoms with van der Waals surface area (Å²) in [6.45, 7) is 3.74. The van der Waals surface area contributed by atoms with Gasteiger partial charge in [0.05, 0.1) is 0 Å². The molecule has 0 aromatic rings. The van der Waals surface area contributed by atoms with Gasteiger partial charge in [-0.05, 0) is 13.8 Å². The van der Waals surface area contributed by atoms with Crippen LogP contribution in [0.15, 0.2) is 4.99 Å². The molecule has 1 aliphatic rings. The maximum Gasteiger partial charge on any atom is 0.174 e. The summed E-state index contributed by atoms with van der Waals surface area (Å²) in [4.78, 5) is 8.78. The number of amidine groups is 1. The summed E-state index contributed by atoms with van der Waals surface area (Å²) in [6.07, 6.45) is -0.000000000000000222. The Hall–Kier alpha value is -0.570. The maximum atomic E-state index is 4.81. The number of nitrogens with zero attached hydrogens (tertiary/aromatic N) is 1. The molecule has 0 amide bonds. The predicted octanol–water partition coefficient (Wildman–Crippen LogP) is 0.286. The van der Waals surface area contributed by atoms with Gasteiger partial charge in [-0.25, -0.2) is 9.83 Å². The van der Waals surface area contributed by atoms with Crippen molar-refractivity contribution in [2.45, 2.75) is 20.1 Å². The summed E-state index contributed by atoms with van der Waals surface area (Å²) < 4.78 is 0. The molecule has 0 unspecified atom stereocenters. The van der Waals surface area contributed by atoms with Gasteiger partial charge in [-0.3, -0.25) is 5.48 Å². The average Bonchev–Trinajstić information content (AvgIpc) is 1.87. The first-order valence-electron chi connectivity index (χ1n) is 2.25. The third kappa shape index (κ3) is 0.899. The Labute approximate surface area is 42.3 Å². The molecule has 1 rings (SSSR count). The first kappa shape index (κ1) is 4.59. The second-order valence-corrected chi connectivity index (χ2v) is 1.53. The van der Waals surface area contributed by atoms with E-state index < -0.39 is 0 Å². The summed E-state index contributed by atoms with van der Waals surface area (Å²) in [5, 5.41) is 0. The van der Waals surface area contributed by atoms with Crippen LogP contribution in [0.25, 0.3) is 0 Å². The molecule has 0 saturated heterocycles. The minimum atomic E-state index is -0.000000000000000222. The molecule has 40 valence electrons. The number of nitrogens with one attached hydrogen (secondary N) is 1. The SMILES string of the molecule is CC1=N[C@@H](C)ON1. The fourth-order valence-electron chi connectivity index (χ4n) is 0.496. The molecule has 1 N–H and O–H groups in total. The van der Waals surface area contributed by atoms with Gasteiger partial charge in [-0.2, -0.15) is 0 Å². The van der Waals surface area contributed by atoms with E-state index in [-0.39, 0.29) is 6.23 Å². The molecule has 1 atom stereocenters. The van der Waals surface area contributed by atoms with Crippen molar-refractivity contribution in [1.29, 1.82) is 0 Å². The van der Waals surface area contributed by atoms with Crippen molar-refractivity contribution in [2.75, 3.05) is 0 Å². The molecule has 0 spiro atoms. The van der Waals surface area contributed by atoms with Crippen LogP contribution in [0.2, 0.25) is 0 Å². The van der Waals surface area contributed by atoms with Gasteiger partial charge >= 0.3 is 0 Å². The van der Waals surface area contributed by atoms with Crippen LogP contribution >= 0.6 is 0 Å². The van der Waals surface area contributed by atoms with Crippen LogP contribution in [0.4, 0.5) is 0 Å². The second kappa shape index (κ2) is 1.50. The Morgan fingerprint density at radius 1 is 1.86 bits per heavy atom. The minimum absolute atomic E-state index is 0.000000000000000222. The van der Waals surface area contributed by atoms with E-state index in [1.165, 1.54) is 0 Å². The highest BCUT2D eigenvalue weighted by Crippen LogP contribution is 1.95. The predicted molar refractivity (Wildman–Crippen MR) is 26.8 cm³/mol. The van der Waals surface area contributed by atoms with E-state index in [4.69, 9.17) is 4.84 Å². The van der Waals surface area contributed by atoms with Gasteiger partial charge in [0.25, 0.3) is 0 Å². The Kier molecular flexibility index (Phi) is 0.982. The van der Waals surface area contributed by atoms with E-state index in [9.17, 15) is 0 Å². The third-order valence-corrected chi connectivity index (χ3v) is 0.753. The lowest BCUT2D eigenvalue weighted by Crippen LogP contribution is -2.13. The topological polar surface area (TPSA) is 33.6 Å². The molecule has 0 fully saturated rings. The highest BCUT2D eigenvalue weighted by molar-refractivity contribution is 5.79. The second-order valence-electron chi connectivity index (χ2n) is 1.53. The number of hydroxylamine groups is 1. The Morgan fingerprint density at radius 3 is 2.71 bits per heavy atom. The molecule has 3 nitrogen and oxygen atoms in total. The summed E-state index contributed by atoms with van der Waals surface area (Å²) in [7, 11) is 0. The van der Waals surface area contributed by atoms with Gasteiger partial charge in [0.2, 0.25) is 0 Å². The fourth-order valence-corrected chi connectivity index (χ4v) is 0.496. The quantitative estimate of drug-likeness (QED) is 0.474.